The average Bonchev–Trinajstić information content (AvgIpc) is 2.74. The van der Waals surface area contributed by atoms with E-state index in [0.717, 1.165) is 44.2 Å². The summed E-state index contributed by atoms with van der Waals surface area (Å²) in [4.78, 5) is 17.3. The van der Waals surface area contributed by atoms with E-state index in [1.54, 1.807) is 21.1 Å². The van der Waals surface area contributed by atoms with Crippen molar-refractivity contribution in [1.82, 2.24) is 15.1 Å². The number of nitrogens with zero attached hydrogens (tertiary/aromatic N) is 3. The number of hydrogen-bond donors (Lipinski definition) is 1. The van der Waals surface area contributed by atoms with Crippen LogP contribution in [0.25, 0.3) is 0 Å². The van der Waals surface area contributed by atoms with E-state index in [1.807, 2.05) is 32.9 Å². The van der Waals surface area contributed by atoms with Gasteiger partial charge in [-0.25, -0.2) is 0 Å². The van der Waals surface area contributed by atoms with Crippen molar-refractivity contribution >= 4 is 5.91 Å². The Morgan fingerprint density at radius 2 is 1.73 bits per heavy atom. The van der Waals surface area contributed by atoms with Crippen LogP contribution < -0.4 is 14.8 Å². The van der Waals surface area contributed by atoms with Crippen LogP contribution in [-0.2, 0) is 11.3 Å². The first-order chi connectivity index (χ1) is 14.1. The molecule has 1 heterocycles. The number of amides is 1. The van der Waals surface area contributed by atoms with Crippen LogP contribution in [0.5, 0.6) is 11.5 Å². The maximum atomic E-state index is 12.7. The molecule has 166 valence electrons. The van der Waals surface area contributed by atoms with Crippen molar-refractivity contribution in [3.05, 3.63) is 23.3 Å². The molecule has 2 atom stereocenters. The zero-order valence-electron chi connectivity index (χ0n) is 19.4. The lowest BCUT2D eigenvalue weighted by Gasteiger charge is -2.38. The standard InChI is InChI=1S/C23H36N4O3/c1-16(2)23(5,15-24)25-22(28)18(4)27-10-8-26(9-11-27)14-19-13-21(30-7)20(29-6)12-17(19)3/h12-13,16,18H,8-11,14H2,1-7H3,(H,25,28)/t18-,23-/m1/s1. The van der Waals surface area contributed by atoms with Crippen molar-refractivity contribution in [3.63, 3.8) is 0 Å². The summed E-state index contributed by atoms with van der Waals surface area (Å²) in [6.45, 7) is 13.9. The Kier molecular flexibility index (Phi) is 8.10. The Bertz CT molecular complexity index is 781. The fraction of sp³-hybridized carbons (Fsp3) is 0.652. The molecule has 1 fully saturated rings. The van der Waals surface area contributed by atoms with Gasteiger partial charge < -0.3 is 14.8 Å². The summed E-state index contributed by atoms with van der Waals surface area (Å²) in [5.74, 6) is 1.44. The highest BCUT2D eigenvalue weighted by molar-refractivity contribution is 5.82. The van der Waals surface area contributed by atoms with Gasteiger partial charge in [0.15, 0.2) is 11.5 Å². The van der Waals surface area contributed by atoms with Crippen molar-refractivity contribution in [3.8, 4) is 17.6 Å². The Morgan fingerprint density at radius 1 is 1.17 bits per heavy atom. The third-order valence-electron chi connectivity index (χ3n) is 6.34. The minimum Gasteiger partial charge on any atom is -0.493 e. The predicted molar refractivity (Wildman–Crippen MR) is 118 cm³/mol. The Balaban J connectivity index is 1.95. The highest BCUT2D eigenvalue weighted by atomic mass is 16.5. The van der Waals surface area contributed by atoms with Crippen molar-refractivity contribution in [1.29, 1.82) is 5.26 Å². The van der Waals surface area contributed by atoms with Crippen molar-refractivity contribution in [2.24, 2.45) is 5.92 Å². The number of methoxy groups -OCH3 is 2. The van der Waals surface area contributed by atoms with E-state index in [9.17, 15) is 10.1 Å². The van der Waals surface area contributed by atoms with Gasteiger partial charge in [-0.2, -0.15) is 5.26 Å². The quantitative estimate of drug-likeness (QED) is 0.702. The molecule has 1 N–H and O–H groups in total. The minimum atomic E-state index is -0.849. The topological polar surface area (TPSA) is 77.8 Å². The molecule has 0 bridgehead atoms. The lowest BCUT2D eigenvalue weighted by atomic mass is 9.89. The third kappa shape index (κ3) is 5.44. The molecule has 1 saturated heterocycles. The molecule has 1 aromatic rings. The number of rotatable bonds is 8. The van der Waals surface area contributed by atoms with E-state index in [0.29, 0.717) is 0 Å². The number of carbonyl (C=O) groups is 1. The van der Waals surface area contributed by atoms with Gasteiger partial charge in [0.1, 0.15) is 5.54 Å². The summed E-state index contributed by atoms with van der Waals surface area (Å²) in [5.41, 5.74) is 1.54. The number of nitrogens with one attached hydrogen (secondary N) is 1. The molecule has 0 aliphatic carbocycles. The van der Waals surface area contributed by atoms with E-state index >= 15 is 0 Å². The summed E-state index contributed by atoms with van der Waals surface area (Å²) in [6.07, 6.45) is 0. The summed E-state index contributed by atoms with van der Waals surface area (Å²) in [5, 5.41) is 12.4. The molecule has 30 heavy (non-hydrogen) atoms. The van der Waals surface area contributed by atoms with Crippen LogP contribution in [0.15, 0.2) is 12.1 Å². The van der Waals surface area contributed by atoms with E-state index < -0.39 is 5.54 Å². The Morgan fingerprint density at radius 3 is 2.23 bits per heavy atom. The van der Waals surface area contributed by atoms with Gasteiger partial charge in [0.2, 0.25) is 5.91 Å². The second kappa shape index (κ2) is 10.1. The van der Waals surface area contributed by atoms with Crippen LogP contribution >= 0.6 is 0 Å². The zero-order valence-corrected chi connectivity index (χ0v) is 19.4. The molecule has 7 heteroatoms. The van der Waals surface area contributed by atoms with Crippen molar-refractivity contribution in [2.45, 2.75) is 52.7 Å². The first kappa shape index (κ1) is 24.0. The maximum Gasteiger partial charge on any atom is 0.238 e. The molecule has 0 radical (unpaired) electrons. The highest BCUT2D eigenvalue weighted by Crippen LogP contribution is 2.31. The first-order valence-corrected chi connectivity index (χ1v) is 10.6. The number of aryl methyl sites for hydroxylation is 1. The molecule has 1 aliphatic rings. The van der Waals surface area contributed by atoms with Crippen LogP contribution in [0, 0.1) is 24.2 Å². The number of carbonyl (C=O) groups excluding carboxylic acids is 1. The summed E-state index contributed by atoms with van der Waals surface area (Å²) >= 11 is 0. The molecular weight excluding hydrogens is 380 g/mol. The fourth-order valence-corrected chi connectivity index (χ4v) is 3.57. The van der Waals surface area contributed by atoms with Crippen LogP contribution in [0.3, 0.4) is 0 Å². The Hall–Kier alpha value is -2.30. The zero-order chi connectivity index (χ0) is 22.5. The molecule has 7 nitrogen and oxygen atoms in total. The maximum absolute atomic E-state index is 12.7. The molecular formula is C23H36N4O3. The lowest BCUT2D eigenvalue weighted by molar-refractivity contribution is -0.128. The van der Waals surface area contributed by atoms with Gasteiger partial charge in [0.25, 0.3) is 0 Å². The number of ether oxygens (including phenoxy) is 2. The van der Waals surface area contributed by atoms with Gasteiger partial charge >= 0.3 is 0 Å². The predicted octanol–water partition coefficient (Wildman–Crippen LogP) is 2.57. The monoisotopic (exact) mass is 416 g/mol. The SMILES string of the molecule is COc1cc(C)c(CN2CCN([C@H](C)C(=O)N[C@](C)(C#N)C(C)C)CC2)cc1OC. The molecule has 0 spiro atoms. The van der Waals surface area contributed by atoms with Gasteiger partial charge in [0, 0.05) is 32.7 Å². The van der Waals surface area contributed by atoms with Gasteiger partial charge in [-0.1, -0.05) is 13.8 Å². The van der Waals surface area contributed by atoms with Gasteiger partial charge in [-0.05, 0) is 49.9 Å². The molecule has 1 aliphatic heterocycles. The van der Waals surface area contributed by atoms with Crippen molar-refractivity contribution < 1.29 is 14.3 Å². The number of nitriles is 1. The molecule has 0 unspecified atom stereocenters. The summed E-state index contributed by atoms with van der Waals surface area (Å²) < 4.78 is 10.8. The van der Waals surface area contributed by atoms with E-state index in [1.165, 1.54) is 11.1 Å². The van der Waals surface area contributed by atoms with E-state index in [4.69, 9.17) is 9.47 Å². The molecule has 1 aromatic carbocycles. The minimum absolute atomic E-state index is 0.0419. The second-order valence-electron chi connectivity index (χ2n) is 8.58. The second-order valence-corrected chi connectivity index (χ2v) is 8.58. The van der Waals surface area contributed by atoms with Crippen LogP contribution in [0.2, 0.25) is 0 Å². The molecule has 1 amide bonds. The van der Waals surface area contributed by atoms with Crippen LogP contribution in [0.4, 0.5) is 0 Å². The molecule has 2 rings (SSSR count). The normalized spacial score (nSPS) is 18.4. The smallest absolute Gasteiger partial charge is 0.238 e. The number of benzene rings is 1. The van der Waals surface area contributed by atoms with Gasteiger partial charge in [0.05, 0.1) is 26.3 Å². The summed E-state index contributed by atoms with van der Waals surface area (Å²) in [6, 6.07) is 6.04. The Labute approximate surface area is 180 Å². The average molecular weight is 417 g/mol. The van der Waals surface area contributed by atoms with Gasteiger partial charge in [-0.15, -0.1) is 0 Å². The van der Waals surface area contributed by atoms with Gasteiger partial charge in [-0.3, -0.25) is 14.6 Å². The lowest BCUT2D eigenvalue weighted by Crippen LogP contribution is -2.58. The first-order valence-electron chi connectivity index (χ1n) is 10.6. The summed E-state index contributed by atoms with van der Waals surface area (Å²) in [7, 11) is 3.30. The van der Waals surface area contributed by atoms with Crippen molar-refractivity contribution in [2.75, 3.05) is 40.4 Å². The number of hydrogen-bond acceptors (Lipinski definition) is 6. The van der Waals surface area contributed by atoms with Crippen LogP contribution in [0.1, 0.15) is 38.8 Å². The van der Waals surface area contributed by atoms with E-state index in [2.05, 4.69) is 28.1 Å². The largest absolute Gasteiger partial charge is 0.493 e. The van der Waals surface area contributed by atoms with Crippen LogP contribution in [-0.4, -0.2) is 67.7 Å². The molecule has 0 saturated carbocycles. The van der Waals surface area contributed by atoms with E-state index in [-0.39, 0.29) is 17.9 Å². The number of piperazine rings is 1. The molecule has 0 aromatic heterocycles. The highest BCUT2D eigenvalue weighted by Gasteiger charge is 2.34. The fourth-order valence-electron chi connectivity index (χ4n) is 3.57. The third-order valence-corrected chi connectivity index (χ3v) is 6.34.